The molecule has 0 heterocycles. The van der Waals surface area contributed by atoms with Crippen LogP contribution in [0.15, 0.2) is 0 Å². The molecule has 6 heavy (non-hydrogen) atoms. The summed E-state index contributed by atoms with van der Waals surface area (Å²) in [5.41, 5.74) is 0. The Hall–Kier alpha value is 1.61. The van der Waals surface area contributed by atoms with Crippen molar-refractivity contribution in [2.45, 2.75) is 0 Å². The molecule has 0 atom stereocenters. The van der Waals surface area contributed by atoms with Gasteiger partial charge >= 0.3 is 35.7 Å². The van der Waals surface area contributed by atoms with Gasteiger partial charge in [-0.15, -0.1) is 0 Å². The van der Waals surface area contributed by atoms with Gasteiger partial charge in [-0.1, -0.05) is 0 Å². The van der Waals surface area contributed by atoms with Crippen LogP contribution in [0.4, 0.5) is 4.79 Å². The molecule has 0 bridgehead atoms. The molecule has 0 saturated carbocycles. The smallest absolute Gasteiger partial charge is 1.00 e. The summed E-state index contributed by atoms with van der Waals surface area (Å²) in [4.78, 5) is 8.56. The van der Waals surface area contributed by atoms with Gasteiger partial charge in [-0.2, -0.15) is 0 Å². The molecule has 0 aromatic heterocycles. The molecule has 0 unspecified atom stereocenters. The zero-order valence-electron chi connectivity index (χ0n) is 4.21. The van der Waals surface area contributed by atoms with E-state index < -0.39 is 6.16 Å². The zero-order chi connectivity index (χ0) is 3.58. The maximum atomic E-state index is 8.56. The third-order valence-electron chi connectivity index (χ3n) is 0. The number of hydrogen-bond acceptors (Lipinski definition) is 1. The predicted molar refractivity (Wildman–Crippen MR) is 11.8 cm³/mol. The monoisotopic (exact) mass is 238 g/mol. The van der Waals surface area contributed by atoms with Crippen molar-refractivity contribution in [2.75, 3.05) is 0 Å². The Kier molecular flexibility index (Phi) is 25.5. The molecule has 3 nitrogen and oxygen atoms in total. The van der Waals surface area contributed by atoms with Gasteiger partial charge in [-0.25, -0.2) is 4.79 Å². The van der Waals surface area contributed by atoms with Crippen LogP contribution >= 0.6 is 0 Å². The maximum absolute atomic E-state index is 8.56. The molecular weight excluding hydrogens is 233 g/mol. The van der Waals surface area contributed by atoms with Crippen molar-refractivity contribution in [3.05, 3.63) is 0 Å². The number of hydrogen-bond donors (Lipinski definition) is 2. The Morgan fingerprint density at radius 3 is 1.50 bits per heavy atom. The quantitative estimate of drug-likeness (QED) is 0.451. The second-order valence-corrected chi connectivity index (χ2v) is 0.283. The molecular formula is CH3NaO3Sm. The van der Waals surface area contributed by atoms with Crippen molar-refractivity contribution >= 4 is 6.16 Å². The summed E-state index contributed by atoms with van der Waals surface area (Å²) in [6.07, 6.45) is -1.83. The van der Waals surface area contributed by atoms with E-state index in [0.29, 0.717) is 0 Å². The Bertz CT molecular complexity index is 37.9. The van der Waals surface area contributed by atoms with E-state index in [-0.39, 0.29) is 71.4 Å². The van der Waals surface area contributed by atoms with Gasteiger partial charge in [0.1, 0.15) is 0 Å². The first kappa shape index (κ1) is 15.6. The number of carbonyl (C=O) groups is 1. The van der Waals surface area contributed by atoms with Gasteiger partial charge in [-0.3, -0.25) is 0 Å². The maximum Gasteiger partial charge on any atom is 1.00 e. The van der Waals surface area contributed by atoms with Gasteiger partial charge in [0.2, 0.25) is 0 Å². The molecule has 0 aliphatic rings. The summed E-state index contributed by atoms with van der Waals surface area (Å²) >= 11 is 0. The van der Waals surface area contributed by atoms with Crippen LogP contribution in [0.5, 0.6) is 0 Å². The van der Waals surface area contributed by atoms with Gasteiger partial charge in [0.15, 0.2) is 0 Å². The molecule has 0 radical (unpaired) electrons. The van der Waals surface area contributed by atoms with Gasteiger partial charge < -0.3 is 11.6 Å². The van der Waals surface area contributed by atoms with Crippen LogP contribution in [-0.2, 0) is 0 Å². The zero-order valence-corrected chi connectivity index (χ0v) is 7.83. The minimum Gasteiger partial charge on any atom is -1.00 e. The van der Waals surface area contributed by atoms with Crippen molar-refractivity contribution in [3.63, 3.8) is 0 Å². The molecule has 0 rings (SSSR count). The van der Waals surface area contributed by atoms with E-state index in [1.54, 1.807) is 0 Å². The topological polar surface area (TPSA) is 57.5 Å². The second-order valence-electron chi connectivity index (χ2n) is 0.283. The van der Waals surface area contributed by atoms with Crippen LogP contribution < -0.4 is 29.6 Å². The molecule has 0 spiro atoms. The van der Waals surface area contributed by atoms with E-state index in [2.05, 4.69) is 0 Å². The second kappa shape index (κ2) is 9.79. The van der Waals surface area contributed by atoms with Gasteiger partial charge in [0.05, 0.1) is 0 Å². The molecule has 0 amide bonds. The van der Waals surface area contributed by atoms with Crippen LogP contribution in [0.25, 0.3) is 0 Å². The third kappa shape index (κ3) is 46.1. The molecule has 0 aromatic carbocycles. The van der Waals surface area contributed by atoms with E-state index in [4.69, 9.17) is 15.0 Å². The summed E-state index contributed by atoms with van der Waals surface area (Å²) in [7, 11) is 0. The summed E-state index contributed by atoms with van der Waals surface area (Å²) in [6.45, 7) is 0. The van der Waals surface area contributed by atoms with Crippen LogP contribution in [-0.4, -0.2) is 16.4 Å². The van der Waals surface area contributed by atoms with Crippen LogP contribution in [0, 0.1) is 40.4 Å². The Morgan fingerprint density at radius 2 is 1.50 bits per heavy atom. The van der Waals surface area contributed by atoms with Crippen LogP contribution in [0.2, 0.25) is 0 Å². The summed E-state index contributed by atoms with van der Waals surface area (Å²) < 4.78 is 0. The fourth-order valence-electron chi connectivity index (χ4n) is 0. The average molecular weight is 236 g/mol. The molecule has 5 heteroatoms. The first-order valence-electron chi connectivity index (χ1n) is 0.651. The first-order valence-corrected chi connectivity index (χ1v) is 0.651. The molecule has 32 valence electrons. The number of rotatable bonds is 0. The van der Waals surface area contributed by atoms with Crippen LogP contribution in [0.3, 0.4) is 0 Å². The molecule has 0 fully saturated rings. The van der Waals surface area contributed by atoms with Gasteiger partial charge in [-0.05, 0) is 0 Å². The molecule has 0 aliphatic heterocycles. The fourth-order valence-corrected chi connectivity index (χ4v) is 0. The Morgan fingerprint density at radius 1 is 1.50 bits per heavy atom. The standard InChI is InChI=1S/CH2O3.Na.Sm.H/c2-1(3)4;;;/h(H2,2,3,4);;;/q;+1;;-1. The van der Waals surface area contributed by atoms with E-state index in [9.17, 15) is 0 Å². The van der Waals surface area contributed by atoms with Crippen molar-refractivity contribution in [1.29, 1.82) is 0 Å². The minimum absolute atomic E-state index is 0. The largest absolute Gasteiger partial charge is 1.00 e. The van der Waals surface area contributed by atoms with E-state index in [1.165, 1.54) is 0 Å². The predicted octanol–water partition coefficient (Wildman–Crippen LogP) is -2.66. The van der Waals surface area contributed by atoms with Crippen molar-refractivity contribution in [1.82, 2.24) is 0 Å². The SMILES string of the molecule is O=C(O)O.[H-].[Na+].[Sm]. The van der Waals surface area contributed by atoms with Crippen molar-refractivity contribution in [2.24, 2.45) is 0 Å². The molecule has 0 aliphatic carbocycles. The van der Waals surface area contributed by atoms with Crippen molar-refractivity contribution in [3.8, 4) is 0 Å². The minimum atomic E-state index is -1.83. The third-order valence-corrected chi connectivity index (χ3v) is 0. The van der Waals surface area contributed by atoms with E-state index in [1.807, 2.05) is 0 Å². The Balaban J connectivity index is -0.0000000150. The van der Waals surface area contributed by atoms with Crippen molar-refractivity contribution < 1.29 is 86.4 Å². The summed E-state index contributed by atoms with van der Waals surface area (Å²) in [5.74, 6) is 0. The molecule has 0 saturated heterocycles. The normalized spacial score (nSPS) is 4.00. The summed E-state index contributed by atoms with van der Waals surface area (Å²) in [6, 6.07) is 0. The molecule has 0 aromatic rings. The van der Waals surface area contributed by atoms with E-state index in [0.717, 1.165) is 0 Å². The van der Waals surface area contributed by atoms with Crippen LogP contribution in [0.1, 0.15) is 1.43 Å². The van der Waals surface area contributed by atoms with Gasteiger partial charge in [0, 0.05) is 40.4 Å². The first-order chi connectivity index (χ1) is 1.73. The Labute approximate surface area is 91.0 Å². The van der Waals surface area contributed by atoms with E-state index >= 15 is 0 Å². The summed E-state index contributed by atoms with van der Waals surface area (Å²) in [5, 5.41) is 13.9. The number of carboxylic acid groups (broad SMARTS) is 2. The van der Waals surface area contributed by atoms with Gasteiger partial charge in [0.25, 0.3) is 0 Å². The molecule has 2 N–H and O–H groups in total. The average Bonchev–Trinajstić information content (AvgIpc) is 0.811. The fraction of sp³-hybridized carbons (Fsp3) is 0.